The molecule has 0 bridgehead atoms. The van der Waals surface area contributed by atoms with Crippen molar-refractivity contribution < 1.29 is 9.59 Å². The van der Waals surface area contributed by atoms with Gasteiger partial charge in [-0.3, -0.25) is 9.59 Å². The minimum Gasteiger partial charge on any atom is -0.366 e. The second-order valence-corrected chi connectivity index (χ2v) is 4.60. The predicted octanol–water partition coefficient (Wildman–Crippen LogP) is 2.02. The highest BCUT2D eigenvalue weighted by atomic mass is 16.2. The molecule has 0 unspecified atom stereocenters. The SMILES string of the molecule is CCC(CC)NC(=O)CCc1ccccc1C(N)=O. The van der Waals surface area contributed by atoms with Gasteiger partial charge in [0.05, 0.1) is 0 Å². The summed E-state index contributed by atoms with van der Waals surface area (Å²) in [4.78, 5) is 23.1. The Morgan fingerprint density at radius 2 is 1.84 bits per heavy atom. The van der Waals surface area contributed by atoms with Crippen molar-refractivity contribution in [1.29, 1.82) is 0 Å². The third kappa shape index (κ3) is 4.73. The third-order valence-corrected chi connectivity index (χ3v) is 3.25. The smallest absolute Gasteiger partial charge is 0.248 e. The summed E-state index contributed by atoms with van der Waals surface area (Å²) in [6.45, 7) is 4.10. The number of nitrogens with one attached hydrogen (secondary N) is 1. The summed E-state index contributed by atoms with van der Waals surface area (Å²) in [6, 6.07) is 7.38. The fraction of sp³-hybridized carbons (Fsp3) is 0.467. The average Bonchev–Trinajstić information content (AvgIpc) is 2.42. The fourth-order valence-corrected chi connectivity index (χ4v) is 2.02. The van der Waals surface area contributed by atoms with Crippen molar-refractivity contribution >= 4 is 11.8 Å². The molecule has 104 valence electrons. The van der Waals surface area contributed by atoms with E-state index in [-0.39, 0.29) is 11.9 Å². The largest absolute Gasteiger partial charge is 0.366 e. The molecular weight excluding hydrogens is 240 g/mol. The molecule has 2 amide bonds. The van der Waals surface area contributed by atoms with Crippen LogP contribution in [0.1, 0.15) is 49.0 Å². The Morgan fingerprint density at radius 3 is 2.42 bits per heavy atom. The highest BCUT2D eigenvalue weighted by Gasteiger charge is 2.11. The molecule has 3 N–H and O–H groups in total. The lowest BCUT2D eigenvalue weighted by Gasteiger charge is -2.14. The number of rotatable bonds is 7. The molecule has 0 aliphatic carbocycles. The Bertz CT molecular complexity index is 440. The van der Waals surface area contributed by atoms with Crippen molar-refractivity contribution in [3.63, 3.8) is 0 Å². The van der Waals surface area contributed by atoms with E-state index < -0.39 is 5.91 Å². The van der Waals surface area contributed by atoms with Gasteiger partial charge in [0.25, 0.3) is 0 Å². The molecule has 1 rings (SSSR count). The topological polar surface area (TPSA) is 72.2 Å². The van der Waals surface area contributed by atoms with Gasteiger partial charge in [-0.25, -0.2) is 0 Å². The summed E-state index contributed by atoms with van der Waals surface area (Å²) in [7, 11) is 0. The van der Waals surface area contributed by atoms with Crippen LogP contribution in [0.2, 0.25) is 0 Å². The van der Waals surface area contributed by atoms with Gasteiger partial charge in [0.1, 0.15) is 0 Å². The molecule has 0 aromatic heterocycles. The van der Waals surface area contributed by atoms with Gasteiger partial charge in [0, 0.05) is 18.0 Å². The number of benzene rings is 1. The van der Waals surface area contributed by atoms with Gasteiger partial charge < -0.3 is 11.1 Å². The van der Waals surface area contributed by atoms with Crippen molar-refractivity contribution in [3.05, 3.63) is 35.4 Å². The van der Waals surface area contributed by atoms with Gasteiger partial charge in [0.2, 0.25) is 11.8 Å². The summed E-state index contributed by atoms with van der Waals surface area (Å²) in [5.41, 5.74) is 6.63. The van der Waals surface area contributed by atoms with Gasteiger partial charge in [-0.15, -0.1) is 0 Å². The van der Waals surface area contributed by atoms with Crippen LogP contribution >= 0.6 is 0 Å². The van der Waals surface area contributed by atoms with Crippen LogP contribution in [0.25, 0.3) is 0 Å². The first-order chi connectivity index (χ1) is 9.08. The molecule has 4 nitrogen and oxygen atoms in total. The summed E-state index contributed by atoms with van der Waals surface area (Å²) in [6.07, 6.45) is 2.77. The predicted molar refractivity (Wildman–Crippen MR) is 75.8 cm³/mol. The molecule has 0 radical (unpaired) electrons. The van der Waals surface area contributed by atoms with Crippen molar-refractivity contribution in [2.45, 2.75) is 45.6 Å². The Balaban J connectivity index is 2.57. The first kappa shape index (κ1) is 15.2. The van der Waals surface area contributed by atoms with Crippen LogP contribution in [0.5, 0.6) is 0 Å². The molecule has 0 heterocycles. The van der Waals surface area contributed by atoms with Crippen molar-refractivity contribution in [3.8, 4) is 0 Å². The van der Waals surface area contributed by atoms with Crippen molar-refractivity contribution in [1.82, 2.24) is 5.32 Å². The van der Waals surface area contributed by atoms with E-state index in [2.05, 4.69) is 19.2 Å². The van der Waals surface area contributed by atoms with E-state index in [4.69, 9.17) is 5.73 Å². The maximum absolute atomic E-state index is 11.8. The second-order valence-electron chi connectivity index (χ2n) is 4.60. The van der Waals surface area contributed by atoms with Gasteiger partial charge >= 0.3 is 0 Å². The van der Waals surface area contributed by atoms with E-state index in [0.29, 0.717) is 18.4 Å². The Hall–Kier alpha value is -1.84. The second kappa shape index (κ2) is 7.56. The van der Waals surface area contributed by atoms with Crippen LogP contribution in [0.15, 0.2) is 24.3 Å². The summed E-state index contributed by atoms with van der Waals surface area (Å²) < 4.78 is 0. The Labute approximate surface area is 114 Å². The zero-order valence-corrected chi connectivity index (χ0v) is 11.6. The van der Waals surface area contributed by atoms with Crippen molar-refractivity contribution in [2.24, 2.45) is 5.73 Å². The van der Waals surface area contributed by atoms with Crippen LogP contribution in [0, 0.1) is 0 Å². The van der Waals surface area contributed by atoms with Crippen LogP contribution in [-0.4, -0.2) is 17.9 Å². The van der Waals surface area contributed by atoms with Crippen LogP contribution in [-0.2, 0) is 11.2 Å². The molecule has 0 saturated carbocycles. The number of aryl methyl sites for hydroxylation is 1. The van der Waals surface area contributed by atoms with Crippen LogP contribution < -0.4 is 11.1 Å². The van der Waals surface area contributed by atoms with E-state index in [9.17, 15) is 9.59 Å². The zero-order chi connectivity index (χ0) is 14.3. The minimum atomic E-state index is -0.448. The summed E-state index contributed by atoms with van der Waals surface area (Å²) >= 11 is 0. The minimum absolute atomic E-state index is 0.0213. The molecule has 19 heavy (non-hydrogen) atoms. The number of nitrogens with two attached hydrogens (primary N) is 1. The van der Waals surface area contributed by atoms with E-state index >= 15 is 0 Å². The van der Waals surface area contributed by atoms with Crippen LogP contribution in [0.3, 0.4) is 0 Å². The number of primary amides is 1. The van der Waals surface area contributed by atoms with Gasteiger partial charge in [-0.1, -0.05) is 32.0 Å². The third-order valence-electron chi connectivity index (χ3n) is 3.25. The quantitative estimate of drug-likeness (QED) is 0.789. The zero-order valence-electron chi connectivity index (χ0n) is 11.6. The van der Waals surface area contributed by atoms with E-state index in [0.717, 1.165) is 18.4 Å². The fourth-order valence-electron chi connectivity index (χ4n) is 2.02. The molecule has 0 saturated heterocycles. The Kier molecular flexibility index (Phi) is 6.06. The monoisotopic (exact) mass is 262 g/mol. The molecule has 1 aromatic rings. The summed E-state index contributed by atoms with van der Waals surface area (Å²) in [5.74, 6) is -0.427. The number of carbonyl (C=O) groups excluding carboxylic acids is 2. The molecule has 1 aromatic carbocycles. The van der Waals surface area contributed by atoms with E-state index in [1.165, 1.54) is 0 Å². The number of carbonyl (C=O) groups is 2. The first-order valence-electron chi connectivity index (χ1n) is 6.75. The molecule has 0 atom stereocenters. The number of amides is 2. The highest BCUT2D eigenvalue weighted by molar-refractivity contribution is 5.94. The van der Waals surface area contributed by atoms with Gasteiger partial charge in [-0.2, -0.15) is 0 Å². The van der Waals surface area contributed by atoms with Gasteiger partial charge in [0.15, 0.2) is 0 Å². The van der Waals surface area contributed by atoms with Gasteiger partial charge in [-0.05, 0) is 30.9 Å². The lowest BCUT2D eigenvalue weighted by molar-refractivity contribution is -0.121. The Morgan fingerprint density at radius 1 is 1.21 bits per heavy atom. The normalized spacial score (nSPS) is 10.5. The van der Waals surface area contributed by atoms with E-state index in [1.807, 2.05) is 12.1 Å². The average molecular weight is 262 g/mol. The molecule has 0 aliphatic heterocycles. The maximum atomic E-state index is 11.8. The molecule has 4 heteroatoms. The molecular formula is C15H22N2O2. The lowest BCUT2D eigenvalue weighted by atomic mass is 10.0. The van der Waals surface area contributed by atoms with E-state index in [1.54, 1.807) is 12.1 Å². The lowest BCUT2D eigenvalue weighted by Crippen LogP contribution is -2.34. The molecule has 0 fully saturated rings. The number of hydrogen-bond acceptors (Lipinski definition) is 2. The molecule has 0 spiro atoms. The highest BCUT2D eigenvalue weighted by Crippen LogP contribution is 2.10. The van der Waals surface area contributed by atoms with Crippen LogP contribution in [0.4, 0.5) is 0 Å². The standard InChI is InChI=1S/C15H22N2O2/c1-3-12(4-2)17-14(18)10-9-11-7-5-6-8-13(11)15(16)19/h5-8,12H,3-4,9-10H2,1-2H3,(H2,16,19)(H,17,18). The first-order valence-corrected chi connectivity index (χ1v) is 6.75. The summed E-state index contributed by atoms with van der Waals surface area (Å²) in [5, 5.41) is 2.98. The number of hydrogen-bond donors (Lipinski definition) is 2. The van der Waals surface area contributed by atoms with Crippen molar-refractivity contribution in [2.75, 3.05) is 0 Å². The molecule has 0 aliphatic rings. The maximum Gasteiger partial charge on any atom is 0.248 e.